The third kappa shape index (κ3) is 2.49. The fraction of sp³-hybridized carbons (Fsp3) is 0.500. The summed E-state index contributed by atoms with van der Waals surface area (Å²) in [4.78, 5) is 0. The number of nitrogens with two attached hydrogens (primary N) is 3. The summed E-state index contributed by atoms with van der Waals surface area (Å²) in [6.45, 7) is 4.12. The van der Waals surface area contributed by atoms with Crippen LogP contribution in [0.3, 0.4) is 0 Å². The number of anilines is 1. The molecule has 1 aromatic carbocycles. The van der Waals surface area contributed by atoms with E-state index in [-0.39, 0.29) is 12.1 Å². The monoisotopic (exact) mass is 207 g/mol. The summed E-state index contributed by atoms with van der Waals surface area (Å²) < 4.78 is 0. The Balaban J connectivity index is 3.19. The molecule has 0 bridgehead atoms. The molecule has 0 aliphatic heterocycles. The predicted octanol–water partition coefficient (Wildman–Crippen LogP) is 2.09. The van der Waals surface area contributed by atoms with Crippen LogP contribution >= 0.6 is 0 Å². The lowest BCUT2D eigenvalue weighted by Gasteiger charge is -2.20. The van der Waals surface area contributed by atoms with E-state index in [4.69, 9.17) is 17.2 Å². The summed E-state index contributed by atoms with van der Waals surface area (Å²) in [5, 5.41) is 0. The Hall–Kier alpha value is -1.06. The molecule has 0 saturated heterocycles. The second-order valence-electron chi connectivity index (χ2n) is 3.88. The number of hydrogen-bond donors (Lipinski definition) is 3. The molecule has 2 unspecified atom stereocenters. The summed E-state index contributed by atoms with van der Waals surface area (Å²) >= 11 is 0. The third-order valence-corrected chi connectivity index (χ3v) is 2.82. The van der Waals surface area contributed by atoms with Crippen LogP contribution in [0.5, 0.6) is 0 Å². The van der Waals surface area contributed by atoms with Crippen molar-refractivity contribution in [3.8, 4) is 0 Å². The Morgan fingerprint density at radius 2 is 1.67 bits per heavy atom. The van der Waals surface area contributed by atoms with Crippen LogP contribution in [-0.2, 0) is 0 Å². The van der Waals surface area contributed by atoms with Crippen LogP contribution in [0.4, 0.5) is 5.69 Å². The van der Waals surface area contributed by atoms with E-state index in [0.29, 0.717) is 0 Å². The molecule has 0 saturated carbocycles. The summed E-state index contributed by atoms with van der Waals surface area (Å²) in [5.41, 5.74) is 20.9. The average molecular weight is 207 g/mol. The Kier molecular flexibility index (Phi) is 4.12. The molecule has 1 aromatic rings. The van der Waals surface area contributed by atoms with Gasteiger partial charge in [0.15, 0.2) is 0 Å². The summed E-state index contributed by atoms with van der Waals surface area (Å²) in [6, 6.07) is 5.86. The molecule has 0 spiro atoms. The van der Waals surface area contributed by atoms with Gasteiger partial charge in [0.1, 0.15) is 0 Å². The first-order chi connectivity index (χ1) is 7.11. The van der Waals surface area contributed by atoms with Crippen molar-refractivity contribution < 1.29 is 0 Å². The van der Waals surface area contributed by atoms with E-state index in [1.54, 1.807) is 0 Å². The maximum Gasteiger partial charge on any atom is 0.0365 e. The first kappa shape index (κ1) is 12.0. The Morgan fingerprint density at radius 3 is 2.20 bits per heavy atom. The average Bonchev–Trinajstić information content (AvgIpc) is 2.26. The molecule has 84 valence electrons. The minimum absolute atomic E-state index is 0.0150. The van der Waals surface area contributed by atoms with Crippen LogP contribution in [0.15, 0.2) is 18.2 Å². The molecule has 0 amide bonds. The second-order valence-corrected chi connectivity index (χ2v) is 3.88. The minimum Gasteiger partial charge on any atom is -0.398 e. The molecule has 3 heteroatoms. The zero-order chi connectivity index (χ0) is 11.4. The standard InChI is InChI=1S/C12H21N3/c1-3-9(13)8-6-5-7-11(15)12(8)10(14)4-2/h5-7,9-10H,3-4,13-15H2,1-2H3. The van der Waals surface area contributed by atoms with E-state index in [9.17, 15) is 0 Å². The van der Waals surface area contributed by atoms with Crippen molar-refractivity contribution in [3.05, 3.63) is 29.3 Å². The third-order valence-electron chi connectivity index (χ3n) is 2.82. The van der Waals surface area contributed by atoms with E-state index in [0.717, 1.165) is 29.7 Å². The summed E-state index contributed by atoms with van der Waals surface area (Å²) in [7, 11) is 0. The van der Waals surface area contributed by atoms with Gasteiger partial charge in [0.05, 0.1) is 0 Å². The highest BCUT2D eigenvalue weighted by molar-refractivity contribution is 5.53. The van der Waals surface area contributed by atoms with E-state index >= 15 is 0 Å². The lowest BCUT2D eigenvalue weighted by molar-refractivity contribution is 0.645. The van der Waals surface area contributed by atoms with Crippen molar-refractivity contribution in [2.45, 2.75) is 38.8 Å². The molecular weight excluding hydrogens is 186 g/mol. The van der Waals surface area contributed by atoms with Gasteiger partial charge >= 0.3 is 0 Å². The highest BCUT2D eigenvalue weighted by Crippen LogP contribution is 2.29. The molecule has 3 nitrogen and oxygen atoms in total. The van der Waals surface area contributed by atoms with Crippen LogP contribution in [0.25, 0.3) is 0 Å². The largest absolute Gasteiger partial charge is 0.398 e. The smallest absolute Gasteiger partial charge is 0.0365 e. The van der Waals surface area contributed by atoms with Gasteiger partial charge in [-0.2, -0.15) is 0 Å². The molecule has 6 N–H and O–H groups in total. The van der Waals surface area contributed by atoms with E-state index < -0.39 is 0 Å². The predicted molar refractivity (Wildman–Crippen MR) is 65.3 cm³/mol. The van der Waals surface area contributed by atoms with Crippen LogP contribution in [0.2, 0.25) is 0 Å². The highest BCUT2D eigenvalue weighted by Gasteiger charge is 2.16. The van der Waals surface area contributed by atoms with Crippen molar-refractivity contribution in [1.29, 1.82) is 0 Å². The molecule has 2 atom stereocenters. The lowest BCUT2D eigenvalue weighted by atomic mass is 9.92. The van der Waals surface area contributed by atoms with Crippen molar-refractivity contribution in [3.63, 3.8) is 0 Å². The molecule has 0 aliphatic carbocycles. The van der Waals surface area contributed by atoms with Crippen LogP contribution in [0, 0.1) is 0 Å². The Morgan fingerprint density at radius 1 is 1.07 bits per heavy atom. The second kappa shape index (κ2) is 5.14. The molecule has 15 heavy (non-hydrogen) atoms. The molecule has 1 rings (SSSR count). The Bertz CT molecular complexity index is 323. The zero-order valence-electron chi connectivity index (χ0n) is 9.53. The normalized spacial score (nSPS) is 14.9. The minimum atomic E-state index is -0.0150. The number of benzene rings is 1. The van der Waals surface area contributed by atoms with Crippen LogP contribution in [-0.4, -0.2) is 0 Å². The van der Waals surface area contributed by atoms with Gasteiger partial charge in [-0.25, -0.2) is 0 Å². The number of nitrogen functional groups attached to an aromatic ring is 1. The van der Waals surface area contributed by atoms with E-state index in [2.05, 4.69) is 13.8 Å². The van der Waals surface area contributed by atoms with E-state index in [1.165, 1.54) is 0 Å². The van der Waals surface area contributed by atoms with E-state index in [1.807, 2.05) is 18.2 Å². The van der Waals surface area contributed by atoms with Gasteiger partial charge in [-0.3, -0.25) is 0 Å². The number of rotatable bonds is 4. The van der Waals surface area contributed by atoms with Gasteiger partial charge in [0.2, 0.25) is 0 Å². The fourth-order valence-corrected chi connectivity index (χ4v) is 1.78. The molecule has 0 heterocycles. The first-order valence-electron chi connectivity index (χ1n) is 5.51. The topological polar surface area (TPSA) is 78.1 Å². The fourth-order valence-electron chi connectivity index (χ4n) is 1.78. The van der Waals surface area contributed by atoms with Gasteiger partial charge < -0.3 is 17.2 Å². The van der Waals surface area contributed by atoms with Crippen molar-refractivity contribution >= 4 is 5.69 Å². The van der Waals surface area contributed by atoms with Gasteiger partial charge in [-0.1, -0.05) is 26.0 Å². The van der Waals surface area contributed by atoms with Gasteiger partial charge in [0.25, 0.3) is 0 Å². The SMILES string of the molecule is CCC(N)c1cccc(N)c1C(N)CC. The lowest BCUT2D eigenvalue weighted by Crippen LogP contribution is -2.19. The Labute approximate surface area is 91.6 Å². The summed E-state index contributed by atoms with van der Waals surface area (Å²) in [5.74, 6) is 0. The van der Waals surface area contributed by atoms with Crippen molar-refractivity contribution in [2.24, 2.45) is 11.5 Å². The maximum atomic E-state index is 6.05. The number of hydrogen-bond acceptors (Lipinski definition) is 3. The first-order valence-corrected chi connectivity index (χ1v) is 5.51. The van der Waals surface area contributed by atoms with Crippen molar-refractivity contribution in [2.75, 3.05) is 5.73 Å². The molecule has 0 aromatic heterocycles. The van der Waals surface area contributed by atoms with Crippen LogP contribution < -0.4 is 17.2 Å². The van der Waals surface area contributed by atoms with Gasteiger partial charge in [-0.05, 0) is 30.0 Å². The molecule has 0 aliphatic rings. The zero-order valence-corrected chi connectivity index (χ0v) is 9.53. The maximum absolute atomic E-state index is 6.05. The van der Waals surface area contributed by atoms with Crippen LogP contribution in [0.1, 0.15) is 49.9 Å². The quantitative estimate of drug-likeness (QED) is 0.661. The highest BCUT2D eigenvalue weighted by atomic mass is 14.7. The molecular formula is C12H21N3. The van der Waals surface area contributed by atoms with Gasteiger partial charge in [-0.15, -0.1) is 0 Å². The molecule has 0 radical (unpaired) electrons. The molecule has 0 fully saturated rings. The van der Waals surface area contributed by atoms with Gasteiger partial charge in [0, 0.05) is 17.8 Å². The summed E-state index contributed by atoms with van der Waals surface area (Å²) in [6.07, 6.45) is 1.77. The van der Waals surface area contributed by atoms with Crippen molar-refractivity contribution in [1.82, 2.24) is 0 Å².